The van der Waals surface area contributed by atoms with E-state index in [-0.39, 0.29) is 31.1 Å². The predicted octanol–water partition coefficient (Wildman–Crippen LogP) is 2.68. The third-order valence-corrected chi connectivity index (χ3v) is 5.26. The van der Waals surface area contributed by atoms with Gasteiger partial charge in [0.25, 0.3) is 5.91 Å². The molecule has 28 heavy (non-hydrogen) atoms. The maximum atomic E-state index is 12.3. The van der Waals surface area contributed by atoms with Crippen LogP contribution in [0, 0.1) is 41.7 Å². The van der Waals surface area contributed by atoms with Crippen molar-refractivity contribution in [1.82, 2.24) is 0 Å². The Bertz CT molecular complexity index is 791. The molecule has 4 atom stereocenters. The Morgan fingerprint density at radius 3 is 2.68 bits per heavy atom. The summed E-state index contributed by atoms with van der Waals surface area (Å²) in [6.45, 7) is 6.63. The lowest BCUT2D eigenvalue weighted by atomic mass is 9.88. The number of hydrogen-bond donors (Lipinski definition) is 1. The van der Waals surface area contributed by atoms with E-state index in [0.717, 1.165) is 11.1 Å². The second-order valence-corrected chi connectivity index (χ2v) is 7.58. The van der Waals surface area contributed by atoms with Crippen LogP contribution >= 0.6 is 0 Å². The lowest BCUT2D eigenvalue weighted by molar-refractivity contribution is -0.490. The van der Waals surface area contributed by atoms with Crippen molar-refractivity contribution in [3.05, 3.63) is 39.4 Å². The van der Waals surface area contributed by atoms with E-state index in [9.17, 15) is 24.5 Å². The third kappa shape index (κ3) is 5.37. The molecule has 0 bridgehead atoms. The highest BCUT2D eigenvalue weighted by Gasteiger charge is 2.44. The van der Waals surface area contributed by atoms with Crippen molar-refractivity contribution in [2.75, 3.05) is 11.9 Å². The Hall–Kier alpha value is -2.77. The summed E-state index contributed by atoms with van der Waals surface area (Å²) in [7, 11) is 0. The zero-order valence-corrected chi connectivity index (χ0v) is 16.6. The first-order valence-corrected chi connectivity index (χ1v) is 9.30. The number of ether oxygens (including phenoxy) is 1. The number of esters is 1. The lowest BCUT2D eigenvalue weighted by Crippen LogP contribution is -2.32. The molecule has 1 aliphatic carbocycles. The first-order chi connectivity index (χ1) is 13.1. The van der Waals surface area contributed by atoms with Crippen molar-refractivity contribution in [3.63, 3.8) is 0 Å². The smallest absolute Gasteiger partial charge is 0.307 e. The third-order valence-electron chi connectivity index (χ3n) is 5.26. The highest BCUT2D eigenvalue weighted by Crippen LogP contribution is 2.36. The predicted molar refractivity (Wildman–Crippen MR) is 102 cm³/mol. The van der Waals surface area contributed by atoms with Gasteiger partial charge in [-0.15, -0.1) is 0 Å². The summed E-state index contributed by atoms with van der Waals surface area (Å²) in [6.07, 6.45) is -1.07. The molecular weight excluding hydrogens is 364 g/mol. The number of Topliss-reactive ketones (excluding diaryl/α,β-unsaturated/α-hetero) is 1. The van der Waals surface area contributed by atoms with Crippen LogP contribution in [0.3, 0.4) is 0 Å². The molecule has 1 aromatic carbocycles. The normalized spacial score (nSPS) is 22.6. The fraction of sp³-hybridized carbons (Fsp3) is 0.550. The number of anilines is 1. The molecule has 1 aliphatic rings. The number of benzene rings is 1. The van der Waals surface area contributed by atoms with Gasteiger partial charge >= 0.3 is 5.97 Å². The van der Waals surface area contributed by atoms with Crippen LogP contribution in [0.1, 0.15) is 37.8 Å². The molecule has 0 spiro atoms. The van der Waals surface area contributed by atoms with Crippen LogP contribution in [0.15, 0.2) is 18.2 Å². The number of nitrogens with zero attached hydrogens (tertiary/aromatic N) is 1. The number of carbonyl (C=O) groups is 3. The van der Waals surface area contributed by atoms with Crippen LogP contribution in [0.5, 0.6) is 0 Å². The Balaban J connectivity index is 1.95. The van der Waals surface area contributed by atoms with Crippen LogP contribution in [-0.2, 0) is 19.1 Å². The van der Waals surface area contributed by atoms with E-state index in [1.54, 1.807) is 6.92 Å². The number of hydrogen-bond acceptors (Lipinski definition) is 6. The number of amides is 1. The van der Waals surface area contributed by atoms with E-state index in [4.69, 9.17) is 4.74 Å². The number of carbonyl (C=O) groups excluding carboxylic acids is 3. The topological polar surface area (TPSA) is 116 Å². The highest BCUT2D eigenvalue weighted by atomic mass is 16.6. The van der Waals surface area contributed by atoms with E-state index < -0.39 is 34.7 Å². The summed E-state index contributed by atoms with van der Waals surface area (Å²) in [4.78, 5) is 47.1. The van der Waals surface area contributed by atoms with Gasteiger partial charge in [-0.05, 0) is 43.9 Å². The molecule has 0 heterocycles. The summed E-state index contributed by atoms with van der Waals surface area (Å²) in [6, 6.07) is 5.63. The number of aryl methyl sites for hydroxylation is 2. The van der Waals surface area contributed by atoms with Gasteiger partial charge in [0.2, 0.25) is 6.54 Å². The number of ketones is 1. The van der Waals surface area contributed by atoms with Gasteiger partial charge in [-0.3, -0.25) is 24.5 Å². The van der Waals surface area contributed by atoms with Crippen LogP contribution in [0.4, 0.5) is 5.69 Å². The van der Waals surface area contributed by atoms with E-state index in [1.165, 1.54) is 6.92 Å². The summed E-state index contributed by atoms with van der Waals surface area (Å²) in [5.41, 5.74) is 2.50. The van der Waals surface area contributed by atoms with E-state index in [1.807, 2.05) is 32.0 Å². The number of nitrogens with one attached hydrogen (secondary N) is 1. The molecule has 1 N–H and O–H groups in total. The fourth-order valence-corrected chi connectivity index (χ4v) is 3.58. The van der Waals surface area contributed by atoms with Crippen LogP contribution < -0.4 is 5.32 Å². The molecular formula is C20H26N2O6. The lowest BCUT2D eigenvalue weighted by Gasteiger charge is -2.19. The van der Waals surface area contributed by atoms with Gasteiger partial charge in [0.05, 0.1) is 6.42 Å². The van der Waals surface area contributed by atoms with Gasteiger partial charge in [0.15, 0.2) is 6.10 Å². The summed E-state index contributed by atoms with van der Waals surface area (Å²) in [5, 5.41) is 13.6. The molecule has 1 saturated carbocycles. The average molecular weight is 390 g/mol. The summed E-state index contributed by atoms with van der Waals surface area (Å²) >= 11 is 0. The maximum Gasteiger partial charge on any atom is 0.307 e. The Kier molecular flexibility index (Phi) is 6.88. The van der Waals surface area contributed by atoms with Crippen molar-refractivity contribution in [3.8, 4) is 0 Å². The molecule has 1 amide bonds. The molecule has 0 unspecified atom stereocenters. The van der Waals surface area contributed by atoms with E-state index in [0.29, 0.717) is 5.69 Å². The van der Waals surface area contributed by atoms with Gasteiger partial charge in [-0.2, -0.15) is 0 Å². The largest absolute Gasteiger partial charge is 0.453 e. The quantitative estimate of drug-likeness (QED) is 0.435. The van der Waals surface area contributed by atoms with E-state index >= 15 is 0 Å². The van der Waals surface area contributed by atoms with Crippen LogP contribution in [-0.4, -0.2) is 35.2 Å². The maximum absolute atomic E-state index is 12.3. The average Bonchev–Trinajstić information content (AvgIpc) is 2.84. The standard InChI is InChI=1S/C20H26N2O6/c1-11-5-6-12(2)17(7-11)21-20(25)14(4)28-19(24)9-15-16(10-22(26)27)13(3)8-18(15)23/h5-7,13-16H,8-10H2,1-4H3,(H,21,25)/t13-,14-,15-,16-/m1/s1. The minimum atomic E-state index is -1.05. The first-order valence-electron chi connectivity index (χ1n) is 9.30. The zero-order valence-electron chi connectivity index (χ0n) is 16.6. The summed E-state index contributed by atoms with van der Waals surface area (Å²) < 4.78 is 5.18. The first kappa shape index (κ1) is 21.5. The van der Waals surface area contributed by atoms with Crippen molar-refractivity contribution in [2.24, 2.45) is 17.8 Å². The summed E-state index contributed by atoms with van der Waals surface area (Å²) in [5.74, 6) is -2.72. The van der Waals surface area contributed by atoms with Crippen LogP contribution in [0.25, 0.3) is 0 Å². The zero-order chi connectivity index (χ0) is 21.0. The van der Waals surface area contributed by atoms with Gasteiger partial charge in [0, 0.05) is 28.9 Å². The van der Waals surface area contributed by atoms with Crippen molar-refractivity contribution < 1.29 is 24.0 Å². The molecule has 0 saturated heterocycles. The molecule has 152 valence electrons. The Labute approximate surface area is 163 Å². The number of nitro groups is 1. The Morgan fingerprint density at radius 1 is 1.36 bits per heavy atom. The molecule has 8 heteroatoms. The molecule has 0 aliphatic heterocycles. The van der Waals surface area contributed by atoms with Crippen molar-refractivity contribution >= 4 is 23.3 Å². The number of rotatable bonds is 7. The van der Waals surface area contributed by atoms with Crippen molar-refractivity contribution in [2.45, 2.75) is 46.6 Å². The second kappa shape index (κ2) is 8.95. The molecule has 2 rings (SSSR count). The highest BCUT2D eigenvalue weighted by molar-refractivity contribution is 5.96. The molecule has 0 aromatic heterocycles. The molecule has 1 aromatic rings. The van der Waals surface area contributed by atoms with Gasteiger partial charge in [-0.1, -0.05) is 19.1 Å². The second-order valence-electron chi connectivity index (χ2n) is 7.58. The fourth-order valence-electron chi connectivity index (χ4n) is 3.58. The molecule has 1 fully saturated rings. The van der Waals surface area contributed by atoms with Gasteiger partial charge in [-0.25, -0.2) is 0 Å². The minimum absolute atomic E-state index is 0.152. The van der Waals surface area contributed by atoms with Crippen molar-refractivity contribution in [1.29, 1.82) is 0 Å². The van der Waals surface area contributed by atoms with E-state index in [2.05, 4.69) is 5.32 Å². The monoisotopic (exact) mass is 390 g/mol. The Morgan fingerprint density at radius 2 is 2.04 bits per heavy atom. The van der Waals surface area contributed by atoms with Gasteiger partial charge in [0.1, 0.15) is 5.78 Å². The SMILES string of the molecule is Cc1ccc(C)c(NC(=O)[C@@H](C)OC(=O)C[C@H]2C(=O)C[C@@H](C)[C@H]2C[N+](=O)[O-])c1. The molecule has 0 radical (unpaired) electrons. The minimum Gasteiger partial charge on any atom is -0.453 e. The van der Waals surface area contributed by atoms with Gasteiger partial charge < -0.3 is 10.1 Å². The molecule has 8 nitrogen and oxygen atoms in total. The van der Waals surface area contributed by atoms with Crippen LogP contribution in [0.2, 0.25) is 0 Å².